The number of rotatable bonds is 5. The third-order valence-corrected chi connectivity index (χ3v) is 4.39. The van der Waals surface area contributed by atoms with Crippen molar-refractivity contribution in [3.63, 3.8) is 0 Å². The van der Waals surface area contributed by atoms with Crippen LogP contribution < -0.4 is 5.73 Å². The zero-order valence-corrected chi connectivity index (χ0v) is 17.7. The largest absolute Gasteiger partial charge is 0.444 e. The number of hydrogen-bond donors (Lipinski definition) is 2. The van der Waals surface area contributed by atoms with E-state index in [-0.39, 0.29) is 19.1 Å². The number of aliphatic hydroxyl groups is 1. The Bertz CT molecular complexity index is 621. The van der Waals surface area contributed by atoms with Crippen molar-refractivity contribution in [2.75, 3.05) is 26.3 Å². The first-order valence-corrected chi connectivity index (χ1v) is 9.93. The van der Waals surface area contributed by atoms with E-state index in [9.17, 15) is 9.18 Å². The van der Waals surface area contributed by atoms with Crippen LogP contribution in [0.1, 0.15) is 53.0 Å². The monoisotopic (exact) mass is 398 g/mol. The molecule has 0 aliphatic carbocycles. The number of carbonyl (C=O) groups is 1. The molecule has 1 aromatic carbocycles. The molecule has 1 aliphatic heterocycles. The number of hydrogen-bond acceptors (Lipinski definition) is 5. The Morgan fingerprint density at radius 2 is 2.04 bits per heavy atom. The molecule has 1 saturated heterocycles. The molecule has 0 bridgehead atoms. The number of halogens is 1. The maximum absolute atomic E-state index is 13.7. The molecule has 2 atom stereocenters. The van der Waals surface area contributed by atoms with Crippen LogP contribution in [-0.4, -0.2) is 48.0 Å². The third kappa shape index (κ3) is 6.72. The van der Waals surface area contributed by atoms with Crippen LogP contribution in [0.25, 0.3) is 0 Å². The van der Waals surface area contributed by atoms with E-state index in [0.717, 1.165) is 12.8 Å². The second-order valence-corrected chi connectivity index (χ2v) is 7.64. The Hall–Kier alpha value is -1.70. The standard InChI is InChI=1S/C19H29FN2O4.C2H6/c1-18(2,3)26-17(24)22-9-5-7-15(13-22)19(21,25-11-10-23)14-6-4-8-16(20)12-14;1-2/h4,6,8,12,15,23H,5,7,9-11,13,21H2,1-3H3;1-2H3. The van der Waals surface area contributed by atoms with E-state index in [1.54, 1.807) is 17.0 Å². The average molecular weight is 399 g/mol. The molecule has 28 heavy (non-hydrogen) atoms. The molecule has 2 unspecified atom stereocenters. The number of nitrogens with two attached hydrogens (primary N) is 1. The number of carbonyl (C=O) groups excluding carboxylic acids is 1. The number of piperidine rings is 1. The summed E-state index contributed by atoms with van der Waals surface area (Å²) >= 11 is 0. The van der Waals surface area contributed by atoms with Crippen molar-refractivity contribution < 1.29 is 23.8 Å². The number of benzene rings is 1. The molecule has 6 nitrogen and oxygen atoms in total. The highest BCUT2D eigenvalue weighted by Gasteiger charge is 2.42. The van der Waals surface area contributed by atoms with Gasteiger partial charge in [-0.1, -0.05) is 26.0 Å². The van der Waals surface area contributed by atoms with Crippen LogP contribution in [-0.2, 0) is 15.2 Å². The minimum Gasteiger partial charge on any atom is -0.444 e. The fourth-order valence-electron chi connectivity index (χ4n) is 3.20. The molecule has 0 saturated carbocycles. The Labute approximate surface area is 167 Å². The molecule has 0 aromatic heterocycles. The van der Waals surface area contributed by atoms with Crippen molar-refractivity contribution in [3.8, 4) is 0 Å². The smallest absolute Gasteiger partial charge is 0.410 e. The zero-order valence-electron chi connectivity index (χ0n) is 17.7. The van der Waals surface area contributed by atoms with Crippen molar-refractivity contribution >= 4 is 6.09 Å². The summed E-state index contributed by atoms with van der Waals surface area (Å²) in [7, 11) is 0. The summed E-state index contributed by atoms with van der Waals surface area (Å²) in [5.74, 6) is -0.665. The summed E-state index contributed by atoms with van der Waals surface area (Å²) < 4.78 is 25.0. The topological polar surface area (TPSA) is 85.0 Å². The lowest BCUT2D eigenvalue weighted by atomic mass is 9.83. The van der Waals surface area contributed by atoms with Gasteiger partial charge in [0, 0.05) is 24.6 Å². The summed E-state index contributed by atoms with van der Waals surface area (Å²) in [5.41, 5.74) is 5.16. The van der Waals surface area contributed by atoms with E-state index in [1.807, 2.05) is 34.6 Å². The predicted octanol–water partition coefficient (Wildman–Crippen LogP) is 3.62. The van der Waals surface area contributed by atoms with Crippen molar-refractivity contribution in [3.05, 3.63) is 35.6 Å². The summed E-state index contributed by atoms with van der Waals surface area (Å²) in [6.07, 6.45) is 1.06. The van der Waals surface area contributed by atoms with Gasteiger partial charge in [0.1, 0.15) is 17.1 Å². The lowest BCUT2D eigenvalue weighted by Crippen LogP contribution is -2.54. The molecule has 2 rings (SSSR count). The Kier molecular flexibility index (Phi) is 9.33. The molecule has 1 amide bonds. The van der Waals surface area contributed by atoms with E-state index >= 15 is 0 Å². The Morgan fingerprint density at radius 3 is 2.61 bits per heavy atom. The van der Waals surface area contributed by atoms with Crippen LogP contribution in [0.15, 0.2) is 24.3 Å². The van der Waals surface area contributed by atoms with Crippen LogP contribution in [0.2, 0.25) is 0 Å². The highest BCUT2D eigenvalue weighted by Crippen LogP contribution is 2.35. The lowest BCUT2D eigenvalue weighted by Gasteiger charge is -2.43. The average Bonchev–Trinajstić information content (AvgIpc) is 2.66. The number of aliphatic hydroxyl groups excluding tert-OH is 1. The van der Waals surface area contributed by atoms with E-state index in [1.165, 1.54) is 12.1 Å². The quantitative estimate of drug-likeness (QED) is 0.740. The van der Waals surface area contributed by atoms with E-state index in [0.29, 0.717) is 18.7 Å². The predicted molar refractivity (Wildman–Crippen MR) is 107 cm³/mol. The molecular weight excluding hydrogens is 363 g/mol. The molecule has 3 N–H and O–H groups in total. The molecular formula is C21H35FN2O4. The molecule has 1 fully saturated rings. The van der Waals surface area contributed by atoms with Gasteiger partial charge in [0.25, 0.3) is 0 Å². The van der Waals surface area contributed by atoms with Crippen LogP contribution in [0.4, 0.5) is 9.18 Å². The van der Waals surface area contributed by atoms with Gasteiger partial charge in [-0.2, -0.15) is 0 Å². The first kappa shape index (κ1) is 24.3. The minimum absolute atomic E-state index is 0.0238. The van der Waals surface area contributed by atoms with E-state index in [4.69, 9.17) is 20.3 Å². The molecule has 160 valence electrons. The van der Waals surface area contributed by atoms with E-state index < -0.39 is 23.2 Å². The van der Waals surface area contributed by atoms with E-state index in [2.05, 4.69) is 0 Å². The van der Waals surface area contributed by atoms with Crippen LogP contribution >= 0.6 is 0 Å². The van der Waals surface area contributed by atoms with Crippen molar-refractivity contribution in [2.24, 2.45) is 11.7 Å². The van der Waals surface area contributed by atoms with Gasteiger partial charge in [0.2, 0.25) is 0 Å². The maximum Gasteiger partial charge on any atom is 0.410 e. The normalized spacial score (nSPS) is 19.3. The van der Waals surface area contributed by atoms with Gasteiger partial charge in [0.05, 0.1) is 13.2 Å². The van der Waals surface area contributed by atoms with Gasteiger partial charge < -0.3 is 19.5 Å². The molecule has 1 aliphatic rings. The Morgan fingerprint density at radius 1 is 1.36 bits per heavy atom. The molecule has 7 heteroatoms. The summed E-state index contributed by atoms with van der Waals surface area (Å²) in [6, 6.07) is 5.95. The van der Waals surface area contributed by atoms with Crippen LogP contribution in [0.5, 0.6) is 0 Å². The van der Waals surface area contributed by atoms with Crippen molar-refractivity contribution in [1.29, 1.82) is 0 Å². The van der Waals surface area contributed by atoms with Crippen LogP contribution in [0.3, 0.4) is 0 Å². The number of nitrogens with zero attached hydrogens (tertiary/aromatic N) is 1. The molecule has 1 aromatic rings. The summed E-state index contributed by atoms with van der Waals surface area (Å²) in [4.78, 5) is 14.0. The lowest BCUT2D eigenvalue weighted by molar-refractivity contribution is -0.114. The van der Waals surface area contributed by atoms with Crippen molar-refractivity contribution in [2.45, 2.75) is 58.8 Å². The van der Waals surface area contributed by atoms with Crippen LogP contribution in [0, 0.1) is 11.7 Å². The third-order valence-electron chi connectivity index (χ3n) is 4.39. The fraction of sp³-hybridized carbons (Fsp3) is 0.667. The summed E-state index contributed by atoms with van der Waals surface area (Å²) in [6.45, 7) is 10.2. The summed E-state index contributed by atoms with van der Waals surface area (Å²) in [5, 5.41) is 9.16. The molecule has 0 radical (unpaired) electrons. The van der Waals surface area contributed by atoms with Gasteiger partial charge in [-0.05, 0) is 45.7 Å². The SMILES string of the molecule is CC.CC(C)(C)OC(=O)N1CCCC(C(N)(OCCO)c2cccc(F)c2)C1. The Balaban J connectivity index is 0.00000190. The second kappa shape index (κ2) is 10.7. The van der Waals surface area contributed by atoms with Gasteiger partial charge in [-0.15, -0.1) is 0 Å². The number of ether oxygens (including phenoxy) is 2. The number of likely N-dealkylation sites (tertiary alicyclic amines) is 1. The highest BCUT2D eigenvalue weighted by atomic mass is 19.1. The van der Waals surface area contributed by atoms with Gasteiger partial charge >= 0.3 is 6.09 Å². The molecule has 0 spiro atoms. The zero-order chi connectivity index (χ0) is 21.4. The fourth-order valence-corrected chi connectivity index (χ4v) is 3.20. The van der Waals surface area contributed by atoms with Gasteiger partial charge in [-0.25, -0.2) is 9.18 Å². The highest BCUT2D eigenvalue weighted by molar-refractivity contribution is 5.68. The van der Waals surface area contributed by atoms with Gasteiger partial charge in [-0.3, -0.25) is 5.73 Å². The number of amides is 1. The first-order valence-electron chi connectivity index (χ1n) is 9.93. The second-order valence-electron chi connectivity index (χ2n) is 7.64. The maximum atomic E-state index is 13.7. The van der Waals surface area contributed by atoms with Gasteiger partial charge in [0.15, 0.2) is 0 Å². The minimum atomic E-state index is -1.30. The first-order chi connectivity index (χ1) is 13.2. The van der Waals surface area contributed by atoms with Crippen molar-refractivity contribution in [1.82, 2.24) is 4.90 Å². The molecule has 1 heterocycles.